The first kappa shape index (κ1) is 18.5. The number of aromatic nitrogens is 3. The smallest absolute Gasteiger partial charge is 0.277 e. The Hall–Kier alpha value is -2.91. The molecular formula is C19H16N4O3S2. The molecule has 9 heteroatoms. The predicted molar refractivity (Wildman–Crippen MR) is 109 cm³/mol. The number of hydrogen-bond acceptors (Lipinski definition) is 8. The van der Waals surface area contributed by atoms with Crippen molar-refractivity contribution in [1.29, 1.82) is 0 Å². The molecule has 0 unspecified atom stereocenters. The molecule has 4 aromatic rings. The van der Waals surface area contributed by atoms with Gasteiger partial charge in [-0.1, -0.05) is 47.4 Å². The summed E-state index contributed by atoms with van der Waals surface area (Å²) >= 11 is 2.62. The average molecular weight is 412 g/mol. The third-order valence-electron chi connectivity index (χ3n) is 3.67. The molecule has 0 fully saturated rings. The molecule has 1 amide bonds. The first-order valence-electron chi connectivity index (χ1n) is 8.46. The van der Waals surface area contributed by atoms with Crippen LogP contribution in [0.4, 0.5) is 5.13 Å². The molecule has 2 heterocycles. The second kappa shape index (κ2) is 8.41. The lowest BCUT2D eigenvalue weighted by Crippen LogP contribution is -2.13. The number of thiazole rings is 1. The second-order valence-electron chi connectivity index (χ2n) is 5.89. The number of fused-ring (bicyclic) bond motifs is 1. The van der Waals surface area contributed by atoms with E-state index in [9.17, 15) is 4.79 Å². The first-order valence-corrected chi connectivity index (χ1v) is 10.3. The molecular weight excluding hydrogens is 396 g/mol. The quantitative estimate of drug-likeness (QED) is 0.453. The van der Waals surface area contributed by atoms with Crippen LogP contribution in [0.3, 0.4) is 0 Å². The van der Waals surface area contributed by atoms with Gasteiger partial charge in [0.25, 0.3) is 11.1 Å². The number of rotatable bonds is 7. The molecule has 2 aromatic heterocycles. The lowest BCUT2D eigenvalue weighted by atomic mass is 10.2. The summed E-state index contributed by atoms with van der Waals surface area (Å²) in [7, 11) is 0. The van der Waals surface area contributed by atoms with Gasteiger partial charge in [-0.2, -0.15) is 0 Å². The molecule has 0 radical (unpaired) electrons. The maximum absolute atomic E-state index is 12.2. The highest BCUT2D eigenvalue weighted by Gasteiger charge is 2.12. The van der Waals surface area contributed by atoms with Crippen LogP contribution in [-0.4, -0.2) is 26.8 Å². The number of carbonyl (C=O) groups excluding carboxylic acids is 1. The number of thioether (sulfide) groups is 1. The highest BCUT2D eigenvalue weighted by Crippen LogP contribution is 2.27. The number of benzene rings is 2. The monoisotopic (exact) mass is 412 g/mol. The van der Waals surface area contributed by atoms with Gasteiger partial charge in [-0.25, -0.2) is 4.98 Å². The number of aryl methyl sites for hydroxylation is 1. The summed E-state index contributed by atoms with van der Waals surface area (Å²) in [6.07, 6.45) is 0. The number of hydrogen-bond donors (Lipinski definition) is 1. The van der Waals surface area contributed by atoms with Gasteiger partial charge in [0.15, 0.2) is 11.7 Å². The third-order valence-corrected chi connectivity index (χ3v) is 5.42. The van der Waals surface area contributed by atoms with Crippen LogP contribution >= 0.6 is 23.1 Å². The van der Waals surface area contributed by atoms with Crippen LogP contribution in [0.5, 0.6) is 5.75 Å². The minimum absolute atomic E-state index is 0.149. The van der Waals surface area contributed by atoms with Crippen LogP contribution in [-0.2, 0) is 11.4 Å². The maximum atomic E-state index is 12.2. The molecule has 142 valence electrons. The van der Waals surface area contributed by atoms with E-state index in [1.165, 1.54) is 23.1 Å². The molecule has 0 aliphatic heterocycles. The number of nitrogens with zero attached hydrogens (tertiary/aromatic N) is 3. The van der Waals surface area contributed by atoms with E-state index >= 15 is 0 Å². The molecule has 0 saturated carbocycles. The summed E-state index contributed by atoms with van der Waals surface area (Å²) in [5, 5.41) is 11.6. The molecule has 0 saturated heterocycles. The van der Waals surface area contributed by atoms with Gasteiger partial charge in [0, 0.05) is 0 Å². The van der Waals surface area contributed by atoms with E-state index in [-0.39, 0.29) is 18.3 Å². The molecule has 28 heavy (non-hydrogen) atoms. The van der Waals surface area contributed by atoms with Crippen LogP contribution in [0.15, 0.2) is 58.2 Å². The van der Waals surface area contributed by atoms with Gasteiger partial charge in [-0.05, 0) is 36.8 Å². The summed E-state index contributed by atoms with van der Waals surface area (Å²) < 4.78 is 12.1. The van der Waals surface area contributed by atoms with Gasteiger partial charge in [0.1, 0.15) is 5.75 Å². The van der Waals surface area contributed by atoms with Crippen molar-refractivity contribution in [2.24, 2.45) is 0 Å². The van der Waals surface area contributed by atoms with E-state index in [2.05, 4.69) is 26.6 Å². The van der Waals surface area contributed by atoms with Crippen molar-refractivity contribution in [1.82, 2.24) is 15.2 Å². The minimum atomic E-state index is -0.180. The van der Waals surface area contributed by atoms with Gasteiger partial charge in [-0.15, -0.1) is 10.2 Å². The Labute approximate surface area is 169 Å². The molecule has 0 spiro atoms. The second-order valence-corrected chi connectivity index (χ2v) is 7.85. The molecule has 2 aromatic carbocycles. The standard InChI is InChI=1S/C19H16N4O3S2/c1-12-7-8-14-15(9-12)28-18(20-14)21-16(24)11-27-19-23-22-17(26-19)10-25-13-5-3-2-4-6-13/h2-9H,10-11H2,1H3,(H,20,21,24). The zero-order valence-corrected chi connectivity index (χ0v) is 16.5. The number of anilines is 1. The number of amides is 1. The summed E-state index contributed by atoms with van der Waals surface area (Å²) in [6, 6.07) is 15.4. The Morgan fingerprint density at radius 3 is 2.93 bits per heavy atom. The minimum Gasteiger partial charge on any atom is -0.484 e. The van der Waals surface area contributed by atoms with Crippen molar-refractivity contribution >= 4 is 44.4 Å². The number of carbonyl (C=O) groups is 1. The lowest BCUT2D eigenvalue weighted by molar-refractivity contribution is -0.113. The van der Waals surface area contributed by atoms with E-state index in [0.29, 0.717) is 16.2 Å². The van der Waals surface area contributed by atoms with Crippen LogP contribution in [0, 0.1) is 6.92 Å². The zero-order valence-electron chi connectivity index (χ0n) is 14.9. The summed E-state index contributed by atoms with van der Waals surface area (Å²) in [4.78, 5) is 16.6. The Balaban J connectivity index is 1.28. The fraction of sp³-hybridized carbons (Fsp3) is 0.158. The molecule has 0 bridgehead atoms. The van der Waals surface area contributed by atoms with E-state index in [4.69, 9.17) is 9.15 Å². The van der Waals surface area contributed by atoms with Gasteiger partial charge in [0.2, 0.25) is 5.91 Å². The van der Waals surface area contributed by atoms with Crippen LogP contribution in [0.25, 0.3) is 10.2 Å². The third kappa shape index (κ3) is 4.68. The largest absolute Gasteiger partial charge is 0.484 e. The number of nitrogens with one attached hydrogen (secondary N) is 1. The Morgan fingerprint density at radius 1 is 1.21 bits per heavy atom. The molecule has 0 aliphatic rings. The number of para-hydroxylation sites is 1. The van der Waals surface area contributed by atoms with E-state index in [1.807, 2.05) is 49.4 Å². The van der Waals surface area contributed by atoms with Crippen LogP contribution in [0.2, 0.25) is 0 Å². The fourth-order valence-electron chi connectivity index (χ4n) is 2.38. The maximum Gasteiger partial charge on any atom is 0.277 e. The molecule has 1 N–H and O–H groups in total. The van der Waals surface area contributed by atoms with E-state index in [1.54, 1.807) is 0 Å². The summed E-state index contributed by atoms with van der Waals surface area (Å²) in [5.74, 6) is 1.05. The lowest BCUT2D eigenvalue weighted by Gasteiger charge is -2.01. The van der Waals surface area contributed by atoms with Crippen molar-refractivity contribution in [3.05, 3.63) is 60.0 Å². The molecule has 0 aliphatic carbocycles. The van der Waals surface area contributed by atoms with E-state index in [0.717, 1.165) is 21.5 Å². The normalized spacial score (nSPS) is 10.9. The molecule has 4 rings (SSSR count). The molecule has 0 atom stereocenters. The molecule has 7 nitrogen and oxygen atoms in total. The SMILES string of the molecule is Cc1ccc2nc(NC(=O)CSc3nnc(COc4ccccc4)o3)sc2c1. The predicted octanol–water partition coefficient (Wildman–Crippen LogP) is 4.30. The van der Waals surface area contributed by atoms with Gasteiger partial charge in [0.05, 0.1) is 16.0 Å². The number of ether oxygens (including phenoxy) is 1. The Kier molecular flexibility index (Phi) is 5.54. The van der Waals surface area contributed by atoms with Crippen molar-refractivity contribution in [2.75, 3.05) is 11.1 Å². The first-order chi connectivity index (χ1) is 13.7. The Bertz CT molecular complexity index is 1090. The van der Waals surface area contributed by atoms with Crippen molar-refractivity contribution in [2.45, 2.75) is 18.8 Å². The highest BCUT2D eigenvalue weighted by molar-refractivity contribution is 7.99. The van der Waals surface area contributed by atoms with Gasteiger partial charge in [-0.3, -0.25) is 4.79 Å². The fourth-order valence-corrected chi connectivity index (χ4v) is 3.95. The zero-order chi connectivity index (χ0) is 19.3. The Morgan fingerprint density at radius 2 is 2.07 bits per heavy atom. The van der Waals surface area contributed by atoms with Crippen molar-refractivity contribution in [3.63, 3.8) is 0 Å². The van der Waals surface area contributed by atoms with Crippen LogP contribution < -0.4 is 10.1 Å². The van der Waals surface area contributed by atoms with E-state index < -0.39 is 0 Å². The topological polar surface area (TPSA) is 90.1 Å². The van der Waals surface area contributed by atoms with Gasteiger partial charge < -0.3 is 14.5 Å². The van der Waals surface area contributed by atoms with Crippen molar-refractivity contribution in [3.8, 4) is 5.75 Å². The summed E-state index contributed by atoms with van der Waals surface area (Å²) in [6.45, 7) is 2.20. The van der Waals surface area contributed by atoms with Gasteiger partial charge >= 0.3 is 0 Å². The van der Waals surface area contributed by atoms with Crippen molar-refractivity contribution < 1.29 is 13.9 Å². The van der Waals surface area contributed by atoms with Crippen LogP contribution in [0.1, 0.15) is 11.5 Å². The summed E-state index contributed by atoms with van der Waals surface area (Å²) in [5.41, 5.74) is 2.03. The average Bonchev–Trinajstić information content (AvgIpc) is 3.31. The highest BCUT2D eigenvalue weighted by atomic mass is 32.2.